The minimum Gasteiger partial charge on any atom is -0.335 e. The molecule has 0 spiro atoms. The highest BCUT2D eigenvalue weighted by Gasteiger charge is 2.42. The van der Waals surface area contributed by atoms with E-state index in [-0.39, 0.29) is 31.7 Å². The molecule has 1 aromatic carbocycles. The van der Waals surface area contributed by atoms with Crippen LogP contribution in [0.4, 0.5) is 13.2 Å². The number of ketones is 1. The van der Waals surface area contributed by atoms with Crippen molar-refractivity contribution in [2.24, 2.45) is 0 Å². The second kappa shape index (κ2) is 9.88. The number of amides is 1. The number of benzene rings is 1. The van der Waals surface area contributed by atoms with Crippen LogP contribution >= 0.6 is 0 Å². The molecule has 1 heterocycles. The van der Waals surface area contributed by atoms with Crippen LogP contribution in [-0.4, -0.2) is 48.9 Å². The van der Waals surface area contributed by atoms with Crippen LogP contribution in [0.2, 0.25) is 0 Å². The quantitative estimate of drug-likeness (QED) is 0.698. The molecule has 7 heteroatoms. The molecule has 4 nitrogen and oxygen atoms in total. The molecule has 150 valence electrons. The zero-order valence-electron chi connectivity index (χ0n) is 15.7. The Kier molecular flexibility index (Phi) is 7.83. The van der Waals surface area contributed by atoms with E-state index in [0.29, 0.717) is 18.4 Å². The molecule has 0 fully saturated rings. The molecule has 0 radical (unpaired) electrons. The summed E-state index contributed by atoms with van der Waals surface area (Å²) in [6, 6.07) is 5.67. The van der Waals surface area contributed by atoms with Crippen molar-refractivity contribution in [3.05, 3.63) is 34.9 Å². The first-order chi connectivity index (χ1) is 12.8. The largest absolute Gasteiger partial charge is 0.471 e. The lowest BCUT2D eigenvalue weighted by atomic mass is 9.97. The third kappa shape index (κ3) is 6.34. The minimum absolute atomic E-state index is 0.0566. The van der Waals surface area contributed by atoms with Crippen molar-refractivity contribution in [1.29, 1.82) is 0 Å². The van der Waals surface area contributed by atoms with Gasteiger partial charge in [0.1, 0.15) is 0 Å². The number of rotatable bonds is 8. The summed E-state index contributed by atoms with van der Waals surface area (Å²) in [5.74, 6) is -1.91. The lowest BCUT2D eigenvalue weighted by Gasteiger charge is -2.23. The van der Waals surface area contributed by atoms with Crippen LogP contribution < -0.4 is 5.32 Å². The van der Waals surface area contributed by atoms with Crippen LogP contribution in [0, 0.1) is 0 Å². The smallest absolute Gasteiger partial charge is 0.335 e. The number of hydrogen-bond acceptors (Lipinski definition) is 3. The Morgan fingerprint density at radius 1 is 1.07 bits per heavy atom. The maximum atomic E-state index is 12.7. The predicted octanol–water partition coefficient (Wildman–Crippen LogP) is 3.53. The van der Waals surface area contributed by atoms with Gasteiger partial charge in [0, 0.05) is 25.1 Å². The van der Waals surface area contributed by atoms with Gasteiger partial charge >= 0.3 is 12.1 Å². The highest BCUT2D eigenvalue weighted by atomic mass is 19.4. The normalized spacial score (nSPS) is 14.4. The maximum Gasteiger partial charge on any atom is 0.471 e. The first-order valence-electron chi connectivity index (χ1n) is 9.54. The van der Waals surface area contributed by atoms with E-state index in [1.807, 2.05) is 19.1 Å². The molecule has 0 unspecified atom stereocenters. The third-order valence-electron chi connectivity index (χ3n) is 4.81. The molecule has 27 heavy (non-hydrogen) atoms. The molecule has 1 N–H and O–H groups in total. The zero-order chi connectivity index (χ0) is 19.9. The Labute approximate surface area is 158 Å². The first-order valence-corrected chi connectivity index (χ1v) is 9.54. The Bertz CT molecular complexity index is 659. The fraction of sp³-hybridized carbons (Fsp3) is 0.600. The summed E-state index contributed by atoms with van der Waals surface area (Å²) in [6.07, 6.45) is -1.52. The van der Waals surface area contributed by atoms with Crippen LogP contribution in [0.25, 0.3) is 0 Å². The topological polar surface area (TPSA) is 49.4 Å². The molecule has 0 aromatic heterocycles. The van der Waals surface area contributed by atoms with Gasteiger partial charge in [0.15, 0.2) is 5.78 Å². The van der Waals surface area contributed by atoms with Crippen molar-refractivity contribution in [3.63, 3.8) is 0 Å². The molecule has 2 rings (SSSR count). The van der Waals surface area contributed by atoms with Crippen molar-refractivity contribution < 1.29 is 22.8 Å². The lowest BCUT2D eigenvalue weighted by molar-refractivity contribution is -0.185. The van der Waals surface area contributed by atoms with Crippen molar-refractivity contribution in [3.8, 4) is 0 Å². The summed E-state index contributed by atoms with van der Waals surface area (Å²) in [6.45, 7) is 3.65. The van der Waals surface area contributed by atoms with Crippen molar-refractivity contribution >= 4 is 11.7 Å². The van der Waals surface area contributed by atoms with Gasteiger partial charge in [-0.1, -0.05) is 25.5 Å². The van der Waals surface area contributed by atoms with E-state index in [0.717, 1.165) is 36.4 Å². The molecule has 0 atom stereocenters. The van der Waals surface area contributed by atoms with E-state index in [1.54, 1.807) is 6.07 Å². The molecule has 0 bridgehead atoms. The van der Waals surface area contributed by atoms with Crippen molar-refractivity contribution in [1.82, 2.24) is 10.2 Å². The van der Waals surface area contributed by atoms with E-state index in [9.17, 15) is 22.8 Å². The maximum absolute atomic E-state index is 12.7. The molecular weight excluding hydrogens is 357 g/mol. The molecule has 1 aromatic rings. The molecular formula is C20H27F3N2O2. The minimum atomic E-state index is -4.87. The molecule has 1 aliphatic rings. The Morgan fingerprint density at radius 2 is 1.74 bits per heavy atom. The van der Waals surface area contributed by atoms with E-state index < -0.39 is 12.1 Å². The van der Waals surface area contributed by atoms with E-state index in [4.69, 9.17) is 0 Å². The third-order valence-corrected chi connectivity index (χ3v) is 4.81. The SMILES string of the molecule is CCCCN(CCCC(=O)c1ccc2c(c1)CCNCC2)C(=O)C(F)(F)F. The van der Waals surface area contributed by atoms with Crippen LogP contribution in [0.15, 0.2) is 18.2 Å². The highest BCUT2D eigenvalue weighted by Crippen LogP contribution is 2.20. The van der Waals surface area contributed by atoms with Crippen LogP contribution in [0.5, 0.6) is 0 Å². The number of nitrogens with zero attached hydrogens (tertiary/aromatic N) is 1. The van der Waals surface area contributed by atoms with Gasteiger partial charge in [-0.25, -0.2) is 0 Å². The number of hydrogen-bond donors (Lipinski definition) is 1. The monoisotopic (exact) mass is 384 g/mol. The van der Waals surface area contributed by atoms with E-state index >= 15 is 0 Å². The predicted molar refractivity (Wildman–Crippen MR) is 97.8 cm³/mol. The molecule has 1 aliphatic heterocycles. The molecule has 0 aliphatic carbocycles. The van der Waals surface area contributed by atoms with Gasteiger partial charge in [0.25, 0.3) is 0 Å². The van der Waals surface area contributed by atoms with Crippen LogP contribution in [0.3, 0.4) is 0 Å². The van der Waals surface area contributed by atoms with E-state index in [1.165, 1.54) is 5.56 Å². The number of unbranched alkanes of at least 4 members (excludes halogenated alkanes) is 1. The fourth-order valence-corrected chi connectivity index (χ4v) is 3.27. The van der Waals surface area contributed by atoms with Gasteiger partial charge in [0.05, 0.1) is 0 Å². The number of alkyl halides is 3. The van der Waals surface area contributed by atoms with Gasteiger partial charge in [-0.05, 0) is 56.0 Å². The van der Waals surface area contributed by atoms with Crippen LogP contribution in [0.1, 0.15) is 54.1 Å². The van der Waals surface area contributed by atoms with Gasteiger partial charge in [0.2, 0.25) is 0 Å². The Balaban J connectivity index is 1.93. The van der Waals surface area contributed by atoms with Gasteiger partial charge < -0.3 is 10.2 Å². The summed E-state index contributed by atoms with van der Waals surface area (Å²) in [5.41, 5.74) is 2.98. The Morgan fingerprint density at radius 3 is 2.41 bits per heavy atom. The fourth-order valence-electron chi connectivity index (χ4n) is 3.27. The van der Waals surface area contributed by atoms with Gasteiger partial charge in [-0.15, -0.1) is 0 Å². The van der Waals surface area contributed by atoms with Gasteiger partial charge in [-0.2, -0.15) is 13.2 Å². The summed E-state index contributed by atoms with van der Waals surface area (Å²) in [5, 5.41) is 3.31. The van der Waals surface area contributed by atoms with Crippen molar-refractivity contribution in [2.45, 2.75) is 51.6 Å². The zero-order valence-corrected chi connectivity index (χ0v) is 15.7. The molecule has 0 saturated carbocycles. The summed E-state index contributed by atoms with van der Waals surface area (Å²) in [7, 11) is 0. The number of fused-ring (bicyclic) bond motifs is 1. The number of halogens is 3. The highest BCUT2D eigenvalue weighted by molar-refractivity contribution is 5.96. The molecule has 1 amide bonds. The van der Waals surface area contributed by atoms with Crippen molar-refractivity contribution in [2.75, 3.05) is 26.2 Å². The van der Waals surface area contributed by atoms with Gasteiger partial charge in [-0.3, -0.25) is 9.59 Å². The summed E-state index contributed by atoms with van der Waals surface area (Å²) >= 11 is 0. The van der Waals surface area contributed by atoms with Crippen LogP contribution in [-0.2, 0) is 17.6 Å². The number of Topliss-reactive ketones (excluding diaryl/α,β-unsaturated/α-hetero) is 1. The average molecular weight is 384 g/mol. The summed E-state index contributed by atoms with van der Waals surface area (Å²) in [4.78, 5) is 24.8. The number of nitrogens with one attached hydrogen (secondary N) is 1. The summed E-state index contributed by atoms with van der Waals surface area (Å²) < 4.78 is 38.1. The van der Waals surface area contributed by atoms with E-state index in [2.05, 4.69) is 5.32 Å². The second-order valence-corrected chi connectivity index (χ2v) is 6.90. The standard InChI is InChI=1S/C20H27F3N2O2/c1-2-3-12-25(19(27)20(21,22)23)13-4-5-18(26)17-7-6-15-8-10-24-11-9-16(15)14-17/h6-7,14,24H,2-5,8-13H2,1H3. The number of carbonyl (C=O) groups excluding carboxylic acids is 2. The Hall–Kier alpha value is -1.89. The molecule has 0 saturated heterocycles. The first kappa shape index (κ1) is 21.4. The number of carbonyl (C=O) groups is 2. The average Bonchev–Trinajstić information content (AvgIpc) is 2.87. The second-order valence-electron chi connectivity index (χ2n) is 6.90. The lowest BCUT2D eigenvalue weighted by Crippen LogP contribution is -2.42.